The second-order valence-electron chi connectivity index (χ2n) is 10.0. The molecule has 1 saturated heterocycles. The number of carbonyl (C=O) groups is 2. The van der Waals surface area contributed by atoms with Crippen LogP contribution in [0.2, 0.25) is 5.02 Å². The van der Waals surface area contributed by atoms with E-state index in [1.807, 2.05) is 24.3 Å². The van der Waals surface area contributed by atoms with Crippen LogP contribution in [0.3, 0.4) is 0 Å². The molecule has 36 heavy (non-hydrogen) atoms. The van der Waals surface area contributed by atoms with Gasteiger partial charge in [-0.15, -0.1) is 0 Å². The van der Waals surface area contributed by atoms with Crippen LogP contribution in [0.5, 0.6) is 0 Å². The van der Waals surface area contributed by atoms with E-state index in [2.05, 4.69) is 20.2 Å². The van der Waals surface area contributed by atoms with E-state index in [9.17, 15) is 14.7 Å². The molecule has 1 unspecified atom stereocenters. The average molecular weight is 511 g/mol. The number of hydrogen-bond acceptors (Lipinski definition) is 6. The molecule has 2 aromatic rings. The number of primary amides is 1. The molecule has 0 bridgehead atoms. The van der Waals surface area contributed by atoms with E-state index >= 15 is 0 Å². The van der Waals surface area contributed by atoms with Gasteiger partial charge < -0.3 is 21.1 Å². The maximum Gasteiger partial charge on any atom is 0.312 e. The van der Waals surface area contributed by atoms with Crippen molar-refractivity contribution < 1.29 is 14.7 Å². The van der Waals surface area contributed by atoms with Crippen molar-refractivity contribution in [2.75, 3.05) is 13.1 Å². The Balaban J connectivity index is 1.41. The Morgan fingerprint density at radius 1 is 1.14 bits per heavy atom. The molecule has 1 aliphatic heterocycles. The van der Waals surface area contributed by atoms with E-state index < -0.39 is 22.8 Å². The Hall–Kier alpha value is -3.04. The Labute approximate surface area is 215 Å². The number of aromatic nitrogens is 2. The molecule has 10 heteroatoms. The van der Waals surface area contributed by atoms with Crippen LogP contribution in [0.25, 0.3) is 0 Å². The van der Waals surface area contributed by atoms with Crippen LogP contribution >= 0.6 is 11.6 Å². The lowest BCUT2D eigenvalue weighted by molar-refractivity contribution is -0.150. The number of halogens is 1. The van der Waals surface area contributed by atoms with E-state index in [0.717, 1.165) is 36.3 Å². The lowest BCUT2D eigenvalue weighted by Gasteiger charge is -2.38. The summed E-state index contributed by atoms with van der Waals surface area (Å²) in [5, 5.41) is 14.5. The summed E-state index contributed by atoms with van der Waals surface area (Å²) in [5.41, 5.74) is 4.28. The minimum atomic E-state index is -1.49. The molecule has 190 valence electrons. The maximum absolute atomic E-state index is 13.0. The molecule has 4 N–H and O–H groups in total. The zero-order valence-electron chi connectivity index (χ0n) is 20.1. The van der Waals surface area contributed by atoms with E-state index in [4.69, 9.17) is 22.3 Å². The van der Waals surface area contributed by atoms with Gasteiger partial charge in [0.1, 0.15) is 5.41 Å². The van der Waals surface area contributed by atoms with Crippen LogP contribution < -0.4 is 11.1 Å². The maximum atomic E-state index is 13.0. The first-order valence-electron chi connectivity index (χ1n) is 12.5. The van der Waals surface area contributed by atoms with Gasteiger partial charge in [0.05, 0.1) is 0 Å². The van der Waals surface area contributed by atoms with Crippen molar-refractivity contribution in [1.82, 2.24) is 20.2 Å². The third kappa shape index (κ3) is 4.46. The molecule has 3 aliphatic rings. The smallest absolute Gasteiger partial charge is 0.312 e. The highest BCUT2D eigenvalue weighted by Gasteiger charge is 2.73. The second-order valence-corrected chi connectivity index (χ2v) is 10.4. The lowest BCUT2D eigenvalue weighted by atomic mass is 9.76. The summed E-state index contributed by atoms with van der Waals surface area (Å²) >= 11 is 6.30. The number of carbonyl (C=O) groups excluding carboxylic acids is 1. The van der Waals surface area contributed by atoms with Gasteiger partial charge in [0.2, 0.25) is 5.91 Å². The fraction of sp³-hybridized carbons (Fsp3) is 0.500. The number of carboxylic acid groups (broad SMARTS) is 1. The van der Waals surface area contributed by atoms with Gasteiger partial charge in [-0.3, -0.25) is 9.59 Å². The van der Waals surface area contributed by atoms with Crippen molar-refractivity contribution >= 4 is 29.3 Å². The number of hydrogen-bond donors (Lipinski definition) is 3. The Bertz CT molecular complexity index is 1160. The molecule has 0 radical (unpaired) electrons. The third-order valence-electron chi connectivity index (χ3n) is 7.81. The molecule has 2 aliphatic carbocycles. The van der Waals surface area contributed by atoms with Crippen LogP contribution in [-0.4, -0.2) is 62.4 Å². The number of amidine groups is 1. The molecule has 5 rings (SSSR count). The molecule has 0 spiro atoms. The van der Waals surface area contributed by atoms with Gasteiger partial charge in [0.15, 0.2) is 17.2 Å². The Kier molecular flexibility index (Phi) is 6.70. The number of benzene rings is 1. The first-order valence-corrected chi connectivity index (χ1v) is 12.9. The third-order valence-corrected chi connectivity index (χ3v) is 8.18. The van der Waals surface area contributed by atoms with E-state index in [-0.39, 0.29) is 12.0 Å². The van der Waals surface area contributed by atoms with Gasteiger partial charge in [-0.25, -0.2) is 15.0 Å². The van der Waals surface area contributed by atoms with Gasteiger partial charge in [0, 0.05) is 43.1 Å². The fourth-order valence-electron chi connectivity index (χ4n) is 5.50. The minimum absolute atomic E-state index is 0.179. The molecular weight excluding hydrogens is 480 g/mol. The highest BCUT2D eigenvalue weighted by molar-refractivity contribution is 6.31. The molecular formula is C26H31ClN6O3. The number of carboxylic acids is 1. The van der Waals surface area contributed by atoms with E-state index in [1.54, 1.807) is 18.5 Å². The topological polar surface area (TPSA) is 134 Å². The minimum Gasteiger partial charge on any atom is -0.481 e. The standard InChI is InChI=1S/C26H31ClN6O3/c27-20-5-2-1-4-17(20)16-31-19-8-14-33(15-9-19)22(21-29-12-3-13-30-21)32-26(23(28)34,18-6-7-18)25(10-11-25)24(35)36/h1-5,12-13,18-19,31H,6-11,14-16H2,(H2,28,34)(H,35,36). The summed E-state index contributed by atoms with van der Waals surface area (Å²) < 4.78 is 0. The fourth-order valence-corrected chi connectivity index (χ4v) is 5.70. The van der Waals surface area contributed by atoms with Crippen molar-refractivity contribution in [3.63, 3.8) is 0 Å². The summed E-state index contributed by atoms with van der Waals surface area (Å²) in [6.07, 6.45) is 7.19. The summed E-state index contributed by atoms with van der Waals surface area (Å²) in [5.74, 6) is -1.02. The van der Waals surface area contributed by atoms with Gasteiger partial charge in [0.25, 0.3) is 0 Å². The number of nitrogens with one attached hydrogen (secondary N) is 1. The summed E-state index contributed by atoms with van der Waals surface area (Å²) in [6, 6.07) is 9.79. The van der Waals surface area contributed by atoms with Crippen LogP contribution in [0.1, 0.15) is 49.9 Å². The summed E-state index contributed by atoms with van der Waals surface area (Å²) in [7, 11) is 0. The van der Waals surface area contributed by atoms with Gasteiger partial charge in [-0.05, 0) is 62.1 Å². The molecule has 2 heterocycles. The predicted molar refractivity (Wildman–Crippen MR) is 135 cm³/mol. The highest BCUT2D eigenvalue weighted by Crippen LogP contribution is 2.63. The zero-order chi connectivity index (χ0) is 25.3. The van der Waals surface area contributed by atoms with E-state index in [0.29, 0.717) is 44.1 Å². The molecule has 9 nitrogen and oxygen atoms in total. The SMILES string of the molecule is NC(=O)C(N=C(c1ncccn1)N1CCC(NCc2ccccc2Cl)CC1)(C1CC1)C1(C(=O)O)CC1. The number of likely N-dealkylation sites (tertiary alicyclic amines) is 1. The van der Waals surface area contributed by atoms with Crippen LogP contribution in [0, 0.1) is 11.3 Å². The number of aliphatic imine (C=N–C) groups is 1. The van der Waals surface area contributed by atoms with Crippen LogP contribution in [-0.2, 0) is 16.1 Å². The molecule has 3 fully saturated rings. The molecule has 1 aromatic carbocycles. The molecule has 1 atom stereocenters. The number of rotatable bonds is 9. The predicted octanol–water partition coefficient (Wildman–Crippen LogP) is 2.63. The second kappa shape index (κ2) is 9.78. The average Bonchev–Trinajstić information content (AvgIpc) is 3.80. The van der Waals surface area contributed by atoms with E-state index in [1.165, 1.54) is 0 Å². The van der Waals surface area contributed by atoms with Crippen LogP contribution in [0.4, 0.5) is 0 Å². The number of nitrogens with zero attached hydrogens (tertiary/aromatic N) is 4. The normalized spacial score (nSPS) is 21.6. The van der Waals surface area contributed by atoms with Gasteiger partial charge in [-0.2, -0.15) is 0 Å². The molecule has 2 saturated carbocycles. The monoisotopic (exact) mass is 510 g/mol. The van der Waals surface area contributed by atoms with Crippen molar-refractivity contribution in [2.45, 2.75) is 56.7 Å². The lowest BCUT2D eigenvalue weighted by Crippen LogP contribution is -2.56. The number of aliphatic carboxylic acids is 1. The zero-order valence-corrected chi connectivity index (χ0v) is 20.8. The summed E-state index contributed by atoms with van der Waals surface area (Å²) in [6.45, 7) is 2.01. The first kappa shape index (κ1) is 24.6. The Morgan fingerprint density at radius 3 is 2.36 bits per heavy atom. The first-order chi connectivity index (χ1) is 17.4. The number of amides is 1. The summed E-state index contributed by atoms with van der Waals surface area (Å²) in [4.78, 5) is 41.3. The quantitative estimate of drug-likeness (QED) is 0.348. The number of piperidine rings is 1. The molecule has 1 aromatic heterocycles. The highest BCUT2D eigenvalue weighted by atomic mass is 35.5. The number of nitrogens with two attached hydrogens (primary N) is 1. The largest absolute Gasteiger partial charge is 0.481 e. The Morgan fingerprint density at radius 2 is 1.81 bits per heavy atom. The molecule has 1 amide bonds. The van der Waals surface area contributed by atoms with Crippen molar-refractivity contribution in [2.24, 2.45) is 22.1 Å². The van der Waals surface area contributed by atoms with Crippen molar-refractivity contribution in [3.8, 4) is 0 Å². The van der Waals surface area contributed by atoms with Crippen molar-refractivity contribution in [3.05, 3.63) is 59.1 Å². The van der Waals surface area contributed by atoms with Gasteiger partial charge >= 0.3 is 5.97 Å². The van der Waals surface area contributed by atoms with Crippen LogP contribution in [0.15, 0.2) is 47.7 Å². The van der Waals surface area contributed by atoms with Crippen molar-refractivity contribution in [1.29, 1.82) is 0 Å². The van der Waals surface area contributed by atoms with Gasteiger partial charge in [-0.1, -0.05) is 29.8 Å².